The Bertz CT molecular complexity index is 295. The lowest BCUT2D eigenvalue weighted by Crippen LogP contribution is -1.90. The van der Waals surface area contributed by atoms with E-state index < -0.39 is 0 Å². The number of benzene rings is 1. The van der Waals surface area contributed by atoms with Gasteiger partial charge in [0.05, 0.1) is 0 Å². The zero-order valence-electron chi connectivity index (χ0n) is 8.13. The Labute approximate surface area is 93.8 Å². The summed E-state index contributed by atoms with van der Waals surface area (Å²) in [7, 11) is 0. The summed E-state index contributed by atoms with van der Waals surface area (Å²) in [5.41, 5.74) is 0. The van der Waals surface area contributed by atoms with Crippen LogP contribution in [-0.2, 0) is 4.79 Å². The SMILES string of the molecule is CC(=O)CCCSc1ccc(Cl)cc1. The molecule has 76 valence electrons. The molecule has 0 heterocycles. The number of hydrogen-bond acceptors (Lipinski definition) is 2. The number of ketones is 1. The first-order chi connectivity index (χ1) is 6.68. The van der Waals surface area contributed by atoms with E-state index >= 15 is 0 Å². The van der Waals surface area contributed by atoms with Gasteiger partial charge in [0.15, 0.2) is 0 Å². The number of carbonyl (C=O) groups is 1. The van der Waals surface area contributed by atoms with Crippen molar-refractivity contribution < 1.29 is 4.79 Å². The molecule has 1 aromatic carbocycles. The standard InChI is InChI=1S/C11H13ClOS/c1-9(13)3-2-8-14-11-6-4-10(12)5-7-11/h4-7H,2-3,8H2,1H3. The largest absolute Gasteiger partial charge is 0.300 e. The third-order valence-electron chi connectivity index (χ3n) is 1.76. The molecule has 0 bridgehead atoms. The van der Waals surface area contributed by atoms with Crippen molar-refractivity contribution in [2.75, 3.05) is 5.75 Å². The van der Waals surface area contributed by atoms with Gasteiger partial charge in [0.1, 0.15) is 5.78 Å². The summed E-state index contributed by atoms with van der Waals surface area (Å²) >= 11 is 7.52. The van der Waals surface area contributed by atoms with Gasteiger partial charge in [0.25, 0.3) is 0 Å². The van der Waals surface area contributed by atoms with E-state index in [-0.39, 0.29) is 5.78 Å². The second-order valence-electron chi connectivity index (χ2n) is 3.11. The zero-order valence-corrected chi connectivity index (χ0v) is 9.70. The van der Waals surface area contributed by atoms with Crippen LogP contribution < -0.4 is 0 Å². The Morgan fingerprint density at radius 2 is 2.00 bits per heavy atom. The minimum Gasteiger partial charge on any atom is -0.300 e. The normalized spacial score (nSPS) is 10.1. The fraction of sp³-hybridized carbons (Fsp3) is 0.364. The molecular formula is C11H13ClOS. The third-order valence-corrected chi connectivity index (χ3v) is 3.11. The van der Waals surface area contributed by atoms with Gasteiger partial charge < -0.3 is 4.79 Å². The van der Waals surface area contributed by atoms with Crippen molar-refractivity contribution in [3.05, 3.63) is 29.3 Å². The van der Waals surface area contributed by atoms with E-state index in [0.717, 1.165) is 17.2 Å². The Hall–Kier alpha value is -0.470. The van der Waals surface area contributed by atoms with E-state index in [1.807, 2.05) is 24.3 Å². The molecule has 0 spiro atoms. The molecule has 0 saturated heterocycles. The molecule has 0 fully saturated rings. The van der Waals surface area contributed by atoms with Crippen molar-refractivity contribution in [3.63, 3.8) is 0 Å². The van der Waals surface area contributed by atoms with Gasteiger partial charge in [-0.1, -0.05) is 11.6 Å². The van der Waals surface area contributed by atoms with Gasteiger partial charge in [0, 0.05) is 16.3 Å². The van der Waals surface area contributed by atoms with Crippen LogP contribution in [0, 0.1) is 0 Å². The lowest BCUT2D eigenvalue weighted by molar-refractivity contribution is -0.117. The van der Waals surface area contributed by atoms with E-state index in [2.05, 4.69) is 0 Å². The highest BCUT2D eigenvalue weighted by atomic mass is 35.5. The molecule has 0 aliphatic heterocycles. The predicted molar refractivity (Wildman–Crippen MR) is 62.1 cm³/mol. The number of Topliss-reactive ketones (excluding diaryl/α,β-unsaturated/α-hetero) is 1. The highest BCUT2D eigenvalue weighted by molar-refractivity contribution is 7.99. The predicted octanol–water partition coefficient (Wildman–Crippen LogP) is 3.80. The Balaban J connectivity index is 2.25. The average molecular weight is 229 g/mol. The van der Waals surface area contributed by atoms with Crippen molar-refractivity contribution in [3.8, 4) is 0 Å². The maximum absolute atomic E-state index is 10.7. The molecule has 0 aliphatic rings. The van der Waals surface area contributed by atoms with Crippen LogP contribution in [0.15, 0.2) is 29.2 Å². The molecule has 1 nitrogen and oxygen atoms in total. The molecule has 0 unspecified atom stereocenters. The van der Waals surface area contributed by atoms with Gasteiger partial charge in [-0.25, -0.2) is 0 Å². The Morgan fingerprint density at radius 1 is 1.36 bits per heavy atom. The summed E-state index contributed by atoms with van der Waals surface area (Å²) in [4.78, 5) is 11.9. The molecule has 0 N–H and O–H groups in total. The van der Waals surface area contributed by atoms with Crippen LogP contribution in [-0.4, -0.2) is 11.5 Å². The molecule has 0 aliphatic carbocycles. The van der Waals surface area contributed by atoms with Crippen LogP contribution in [0.2, 0.25) is 5.02 Å². The highest BCUT2D eigenvalue weighted by Gasteiger charge is 1.96. The second-order valence-corrected chi connectivity index (χ2v) is 4.71. The van der Waals surface area contributed by atoms with Crippen molar-refractivity contribution >= 4 is 29.1 Å². The van der Waals surface area contributed by atoms with Crippen LogP contribution in [0.1, 0.15) is 19.8 Å². The van der Waals surface area contributed by atoms with Crippen molar-refractivity contribution in [1.29, 1.82) is 0 Å². The van der Waals surface area contributed by atoms with Gasteiger partial charge in [-0.05, 0) is 43.4 Å². The minimum absolute atomic E-state index is 0.265. The van der Waals surface area contributed by atoms with Crippen molar-refractivity contribution in [1.82, 2.24) is 0 Å². The third kappa shape index (κ3) is 4.68. The van der Waals surface area contributed by atoms with E-state index in [9.17, 15) is 4.79 Å². The van der Waals surface area contributed by atoms with Crippen molar-refractivity contribution in [2.45, 2.75) is 24.7 Å². The first-order valence-corrected chi connectivity index (χ1v) is 5.92. The molecule has 3 heteroatoms. The van der Waals surface area contributed by atoms with E-state index in [1.165, 1.54) is 4.90 Å². The van der Waals surface area contributed by atoms with Gasteiger partial charge in [0.2, 0.25) is 0 Å². The molecule has 0 radical (unpaired) electrons. The lowest BCUT2D eigenvalue weighted by Gasteiger charge is -2.00. The van der Waals surface area contributed by atoms with Crippen LogP contribution in [0.25, 0.3) is 0 Å². The van der Waals surface area contributed by atoms with E-state index in [0.29, 0.717) is 6.42 Å². The summed E-state index contributed by atoms with van der Waals surface area (Å²) < 4.78 is 0. The summed E-state index contributed by atoms with van der Waals surface area (Å²) in [5, 5.41) is 0.762. The lowest BCUT2D eigenvalue weighted by atomic mass is 10.3. The topological polar surface area (TPSA) is 17.1 Å². The minimum atomic E-state index is 0.265. The fourth-order valence-corrected chi connectivity index (χ4v) is 2.02. The number of thioether (sulfide) groups is 1. The smallest absolute Gasteiger partial charge is 0.129 e. The average Bonchev–Trinajstić information content (AvgIpc) is 2.15. The van der Waals surface area contributed by atoms with Crippen LogP contribution >= 0.6 is 23.4 Å². The maximum atomic E-state index is 10.7. The Kier molecular flexibility index (Phi) is 5.05. The van der Waals surface area contributed by atoms with Gasteiger partial charge in [-0.3, -0.25) is 0 Å². The number of hydrogen-bond donors (Lipinski definition) is 0. The molecule has 0 amide bonds. The molecule has 14 heavy (non-hydrogen) atoms. The summed E-state index contributed by atoms with van der Waals surface area (Å²) in [6.45, 7) is 1.63. The number of rotatable bonds is 5. The van der Waals surface area contributed by atoms with Gasteiger partial charge >= 0.3 is 0 Å². The fourth-order valence-electron chi connectivity index (χ4n) is 1.04. The molecule has 1 rings (SSSR count). The number of halogens is 1. The number of carbonyl (C=O) groups excluding carboxylic acids is 1. The molecule has 0 aromatic heterocycles. The summed E-state index contributed by atoms with van der Waals surface area (Å²) in [6.07, 6.45) is 1.63. The van der Waals surface area contributed by atoms with E-state index in [1.54, 1.807) is 18.7 Å². The second kappa shape index (κ2) is 6.10. The van der Waals surface area contributed by atoms with Gasteiger partial charge in [-0.15, -0.1) is 11.8 Å². The molecule has 0 atom stereocenters. The van der Waals surface area contributed by atoms with Gasteiger partial charge in [-0.2, -0.15) is 0 Å². The maximum Gasteiger partial charge on any atom is 0.129 e. The Morgan fingerprint density at radius 3 is 2.57 bits per heavy atom. The van der Waals surface area contributed by atoms with Crippen LogP contribution in [0.5, 0.6) is 0 Å². The summed E-state index contributed by atoms with van der Waals surface area (Å²) in [5.74, 6) is 1.25. The van der Waals surface area contributed by atoms with E-state index in [4.69, 9.17) is 11.6 Å². The van der Waals surface area contributed by atoms with Crippen LogP contribution in [0.4, 0.5) is 0 Å². The first-order valence-electron chi connectivity index (χ1n) is 4.56. The molecular weight excluding hydrogens is 216 g/mol. The molecule has 1 aromatic rings. The van der Waals surface area contributed by atoms with Crippen molar-refractivity contribution in [2.24, 2.45) is 0 Å². The zero-order chi connectivity index (χ0) is 10.4. The monoisotopic (exact) mass is 228 g/mol. The van der Waals surface area contributed by atoms with Crippen LogP contribution in [0.3, 0.4) is 0 Å². The highest BCUT2D eigenvalue weighted by Crippen LogP contribution is 2.21. The summed E-state index contributed by atoms with van der Waals surface area (Å²) in [6, 6.07) is 7.77. The quantitative estimate of drug-likeness (QED) is 0.563. The first kappa shape index (κ1) is 11.6. The molecule has 0 saturated carbocycles.